The van der Waals surface area contributed by atoms with Crippen molar-refractivity contribution in [2.24, 2.45) is 0 Å². The lowest BCUT2D eigenvalue weighted by molar-refractivity contribution is -0.116. The van der Waals surface area contributed by atoms with Gasteiger partial charge in [-0.15, -0.1) is 11.8 Å². The van der Waals surface area contributed by atoms with Crippen LogP contribution < -0.4 is 15.4 Å². The van der Waals surface area contributed by atoms with Gasteiger partial charge in [0.2, 0.25) is 11.8 Å². The van der Waals surface area contributed by atoms with E-state index in [1.165, 1.54) is 23.1 Å². The molecule has 1 unspecified atom stereocenters. The maximum absolute atomic E-state index is 12.7. The summed E-state index contributed by atoms with van der Waals surface area (Å²) in [6.45, 7) is 4.38. The van der Waals surface area contributed by atoms with E-state index >= 15 is 0 Å². The van der Waals surface area contributed by atoms with Crippen molar-refractivity contribution < 1.29 is 14.3 Å². The number of amides is 2. The number of fused-ring (bicyclic) bond motifs is 1. The second-order valence-electron chi connectivity index (χ2n) is 7.71. The lowest BCUT2D eigenvalue weighted by atomic mass is 10.1. The normalized spacial score (nSPS) is 11.7. The van der Waals surface area contributed by atoms with E-state index < -0.39 is 0 Å². The molecule has 0 saturated carbocycles. The molecule has 0 saturated heterocycles. The molecule has 6 nitrogen and oxygen atoms in total. The lowest BCUT2D eigenvalue weighted by Crippen LogP contribution is -2.22. The standard InChI is InChI=1S/C26H24ClN3O3S2/c1-3-33-20-10-13-22-23(15-20)35-26(29-22)30-25(32)16(2)34-21-11-8-19(9-12-21)28-24(31)14-17-4-6-18(27)7-5-17/h4-13,15-16H,3,14H2,1-2H3,(H,28,31)(H,29,30,32). The topological polar surface area (TPSA) is 80.3 Å². The number of ether oxygens (including phenoxy) is 1. The molecule has 0 spiro atoms. The largest absolute Gasteiger partial charge is 0.494 e. The van der Waals surface area contributed by atoms with E-state index in [1.54, 1.807) is 12.1 Å². The minimum absolute atomic E-state index is 0.107. The first-order valence-electron chi connectivity index (χ1n) is 11.0. The van der Waals surface area contributed by atoms with Crippen LogP contribution in [0.1, 0.15) is 19.4 Å². The number of hydrogen-bond acceptors (Lipinski definition) is 6. The minimum atomic E-state index is -0.327. The molecule has 4 rings (SSSR count). The monoisotopic (exact) mass is 525 g/mol. The molecule has 0 aliphatic carbocycles. The number of aromatic nitrogens is 1. The van der Waals surface area contributed by atoms with Gasteiger partial charge in [0.05, 0.1) is 28.5 Å². The Bertz CT molecular complexity index is 1320. The summed E-state index contributed by atoms with van der Waals surface area (Å²) in [5.74, 6) is 0.555. The molecule has 0 aliphatic heterocycles. The van der Waals surface area contributed by atoms with Crippen molar-refractivity contribution >= 4 is 67.5 Å². The molecule has 0 fully saturated rings. The number of hydrogen-bond donors (Lipinski definition) is 2. The quantitative estimate of drug-likeness (QED) is 0.239. The zero-order valence-corrected chi connectivity index (χ0v) is 21.6. The molecule has 0 radical (unpaired) electrons. The summed E-state index contributed by atoms with van der Waals surface area (Å²) in [5, 5.41) is 6.67. The van der Waals surface area contributed by atoms with Gasteiger partial charge in [0.25, 0.3) is 0 Å². The Morgan fingerprint density at radius 1 is 1.06 bits per heavy atom. The summed E-state index contributed by atoms with van der Waals surface area (Å²) in [4.78, 5) is 30.4. The Kier molecular flexibility index (Phi) is 8.28. The highest BCUT2D eigenvalue weighted by Crippen LogP contribution is 2.31. The summed E-state index contributed by atoms with van der Waals surface area (Å²) in [6, 6.07) is 20.3. The van der Waals surface area contributed by atoms with Crippen molar-refractivity contribution in [3.63, 3.8) is 0 Å². The molecule has 0 aliphatic rings. The summed E-state index contributed by atoms with van der Waals surface area (Å²) < 4.78 is 6.49. The van der Waals surface area contributed by atoms with Crippen LogP contribution in [0.5, 0.6) is 5.75 Å². The second-order valence-corrected chi connectivity index (χ2v) is 10.6. The highest BCUT2D eigenvalue weighted by Gasteiger charge is 2.17. The number of thioether (sulfide) groups is 1. The van der Waals surface area contributed by atoms with Gasteiger partial charge in [-0.3, -0.25) is 9.59 Å². The van der Waals surface area contributed by atoms with Crippen molar-refractivity contribution in [2.75, 3.05) is 17.2 Å². The zero-order valence-electron chi connectivity index (χ0n) is 19.2. The minimum Gasteiger partial charge on any atom is -0.494 e. The Labute approximate surface area is 217 Å². The lowest BCUT2D eigenvalue weighted by Gasteiger charge is -2.11. The first kappa shape index (κ1) is 25.0. The first-order chi connectivity index (χ1) is 16.9. The molecule has 1 atom stereocenters. The van der Waals surface area contributed by atoms with Gasteiger partial charge in [-0.25, -0.2) is 4.98 Å². The molecule has 3 aromatic carbocycles. The maximum Gasteiger partial charge on any atom is 0.239 e. The summed E-state index contributed by atoms with van der Waals surface area (Å²) in [5.41, 5.74) is 2.41. The van der Waals surface area contributed by atoms with Crippen LogP contribution in [0.25, 0.3) is 10.2 Å². The molecule has 4 aromatic rings. The number of anilines is 2. The molecular formula is C26H24ClN3O3S2. The molecule has 2 amide bonds. The van der Waals surface area contributed by atoms with E-state index in [4.69, 9.17) is 16.3 Å². The van der Waals surface area contributed by atoms with Gasteiger partial charge >= 0.3 is 0 Å². The van der Waals surface area contributed by atoms with E-state index in [-0.39, 0.29) is 23.5 Å². The number of rotatable bonds is 9. The number of nitrogens with one attached hydrogen (secondary N) is 2. The third kappa shape index (κ3) is 6.97. The second kappa shape index (κ2) is 11.6. The smallest absolute Gasteiger partial charge is 0.239 e. The van der Waals surface area contributed by atoms with Crippen LogP contribution in [0.4, 0.5) is 10.8 Å². The molecule has 1 aromatic heterocycles. The highest BCUT2D eigenvalue weighted by atomic mass is 35.5. The summed E-state index contributed by atoms with van der Waals surface area (Å²) in [7, 11) is 0. The fourth-order valence-electron chi connectivity index (χ4n) is 3.29. The van der Waals surface area contributed by atoms with Crippen molar-refractivity contribution in [3.8, 4) is 5.75 Å². The summed E-state index contributed by atoms with van der Waals surface area (Å²) >= 11 is 8.74. The molecule has 35 heavy (non-hydrogen) atoms. The van der Waals surface area contributed by atoms with E-state index in [0.29, 0.717) is 22.4 Å². The Hall–Kier alpha value is -3.07. The van der Waals surface area contributed by atoms with Crippen molar-refractivity contribution in [2.45, 2.75) is 30.4 Å². The van der Waals surface area contributed by atoms with Crippen molar-refractivity contribution in [1.82, 2.24) is 4.98 Å². The van der Waals surface area contributed by atoms with Crippen molar-refractivity contribution in [3.05, 3.63) is 77.3 Å². The van der Waals surface area contributed by atoms with Crippen LogP contribution in [-0.4, -0.2) is 28.7 Å². The fourth-order valence-corrected chi connectivity index (χ4v) is 5.18. The van der Waals surface area contributed by atoms with E-state index in [9.17, 15) is 9.59 Å². The SMILES string of the molecule is CCOc1ccc2nc(NC(=O)C(C)Sc3ccc(NC(=O)Cc4ccc(Cl)cc4)cc3)sc2c1. The average Bonchev–Trinajstić information content (AvgIpc) is 3.23. The Morgan fingerprint density at radius 3 is 2.51 bits per heavy atom. The van der Waals surface area contributed by atoms with Crippen LogP contribution in [-0.2, 0) is 16.0 Å². The number of benzene rings is 3. The van der Waals surface area contributed by atoms with Crippen LogP contribution >= 0.6 is 34.7 Å². The van der Waals surface area contributed by atoms with Gasteiger partial charge in [-0.2, -0.15) is 0 Å². The van der Waals surface area contributed by atoms with Crippen LogP contribution in [0.15, 0.2) is 71.6 Å². The predicted molar refractivity (Wildman–Crippen MR) is 145 cm³/mol. The highest BCUT2D eigenvalue weighted by molar-refractivity contribution is 8.00. The number of nitrogens with zero attached hydrogens (tertiary/aromatic N) is 1. The zero-order chi connectivity index (χ0) is 24.8. The van der Waals surface area contributed by atoms with Gasteiger partial charge in [-0.1, -0.05) is 35.1 Å². The van der Waals surface area contributed by atoms with Gasteiger partial charge in [-0.05, 0) is 74.0 Å². The number of halogens is 1. The number of carbonyl (C=O) groups is 2. The fraction of sp³-hybridized carbons (Fsp3) is 0.192. The maximum atomic E-state index is 12.7. The van der Waals surface area contributed by atoms with Gasteiger partial charge in [0.15, 0.2) is 5.13 Å². The van der Waals surface area contributed by atoms with Gasteiger partial charge < -0.3 is 15.4 Å². The van der Waals surface area contributed by atoms with E-state index in [0.717, 1.165) is 26.4 Å². The average molecular weight is 526 g/mol. The predicted octanol–water partition coefficient (Wildman–Crippen LogP) is 6.65. The molecule has 180 valence electrons. The molecule has 2 N–H and O–H groups in total. The van der Waals surface area contributed by atoms with E-state index in [2.05, 4.69) is 15.6 Å². The third-order valence-corrected chi connectivity index (χ3v) is 7.30. The Balaban J connectivity index is 1.30. The summed E-state index contributed by atoms with van der Waals surface area (Å²) in [6.07, 6.45) is 0.267. The molecule has 1 heterocycles. The number of thiazole rings is 1. The van der Waals surface area contributed by atoms with Gasteiger partial charge in [0.1, 0.15) is 5.75 Å². The third-order valence-electron chi connectivity index (χ3n) is 5.00. The molecule has 0 bridgehead atoms. The molecule has 9 heteroatoms. The van der Waals surface area contributed by atoms with Crippen LogP contribution in [0.3, 0.4) is 0 Å². The van der Waals surface area contributed by atoms with Crippen LogP contribution in [0, 0.1) is 0 Å². The van der Waals surface area contributed by atoms with Crippen molar-refractivity contribution in [1.29, 1.82) is 0 Å². The van der Waals surface area contributed by atoms with E-state index in [1.807, 2.05) is 68.4 Å². The first-order valence-corrected chi connectivity index (χ1v) is 13.1. The van der Waals surface area contributed by atoms with Gasteiger partial charge in [0, 0.05) is 15.6 Å². The molecular weight excluding hydrogens is 502 g/mol. The Morgan fingerprint density at radius 2 is 1.80 bits per heavy atom. The number of carbonyl (C=O) groups excluding carboxylic acids is 2. The van der Waals surface area contributed by atoms with Crippen LogP contribution in [0.2, 0.25) is 5.02 Å².